The van der Waals surface area contributed by atoms with Crippen molar-refractivity contribution in [3.63, 3.8) is 0 Å². The zero-order chi connectivity index (χ0) is 38.2. The van der Waals surface area contributed by atoms with Gasteiger partial charge in [0.1, 0.15) is 16.7 Å². The summed E-state index contributed by atoms with van der Waals surface area (Å²) in [6.07, 6.45) is 0. The molecule has 0 bridgehead atoms. The van der Waals surface area contributed by atoms with Crippen LogP contribution in [-0.4, -0.2) is 0 Å². The van der Waals surface area contributed by atoms with E-state index in [1.807, 2.05) is 0 Å². The molecule has 0 radical (unpaired) electrons. The van der Waals surface area contributed by atoms with Gasteiger partial charge in [0.2, 0.25) is 0 Å². The Balaban J connectivity index is 1.08. The van der Waals surface area contributed by atoms with Crippen molar-refractivity contribution in [2.45, 2.75) is 38.5 Å². The second-order valence-corrected chi connectivity index (χ2v) is 16.9. The molecule has 3 nitrogen and oxygen atoms in total. The summed E-state index contributed by atoms with van der Waals surface area (Å²) in [7, 11) is 0. The zero-order valence-electron chi connectivity index (χ0n) is 32.4. The first-order chi connectivity index (χ1) is 27.8. The number of furan rings is 2. The molecule has 2 aromatic heterocycles. The number of nitrogens with zero attached hydrogens (tertiary/aromatic N) is 1. The van der Waals surface area contributed by atoms with Gasteiger partial charge in [-0.05, 0) is 110 Å². The third-order valence-electron chi connectivity index (χ3n) is 13.1. The Labute approximate surface area is 331 Å². The Kier molecular flexibility index (Phi) is 6.46. The van der Waals surface area contributed by atoms with Crippen LogP contribution in [0.3, 0.4) is 0 Å². The van der Waals surface area contributed by atoms with Crippen molar-refractivity contribution in [1.82, 2.24) is 0 Å². The lowest BCUT2D eigenvalue weighted by Gasteiger charge is -2.29. The lowest BCUT2D eigenvalue weighted by molar-refractivity contribution is 0.659. The van der Waals surface area contributed by atoms with Crippen molar-refractivity contribution in [2.75, 3.05) is 4.90 Å². The quantitative estimate of drug-likeness (QED) is 0.180. The Morgan fingerprint density at radius 3 is 1.56 bits per heavy atom. The van der Waals surface area contributed by atoms with E-state index in [1.165, 1.54) is 50.1 Å². The lowest BCUT2D eigenvalue weighted by atomic mass is 9.82. The molecule has 10 aromatic rings. The summed E-state index contributed by atoms with van der Waals surface area (Å²) in [6, 6.07) is 59.6. The number of fused-ring (bicyclic) bond motifs is 12. The van der Waals surface area contributed by atoms with Gasteiger partial charge < -0.3 is 13.7 Å². The number of benzene rings is 8. The van der Waals surface area contributed by atoms with E-state index in [0.717, 1.165) is 66.5 Å². The zero-order valence-corrected chi connectivity index (χ0v) is 32.4. The maximum atomic E-state index is 7.03. The summed E-state index contributed by atoms with van der Waals surface area (Å²) in [4.78, 5) is 2.41. The molecule has 0 amide bonds. The number of anilines is 3. The van der Waals surface area contributed by atoms with E-state index in [1.54, 1.807) is 0 Å². The Morgan fingerprint density at radius 2 is 0.912 bits per heavy atom. The summed E-state index contributed by atoms with van der Waals surface area (Å²) in [5.74, 6) is 0. The molecule has 0 atom stereocenters. The van der Waals surface area contributed by atoms with Gasteiger partial charge in [0.15, 0.2) is 5.58 Å². The monoisotopic (exact) mass is 733 g/mol. The minimum atomic E-state index is -0.141. The van der Waals surface area contributed by atoms with Crippen LogP contribution in [0, 0.1) is 0 Å². The molecular formula is C54H39NO2. The molecule has 2 aliphatic carbocycles. The highest BCUT2D eigenvalue weighted by molar-refractivity contribution is 6.17. The fourth-order valence-electron chi connectivity index (χ4n) is 10.1. The van der Waals surface area contributed by atoms with Crippen LogP contribution in [0.25, 0.3) is 77.3 Å². The molecule has 0 unspecified atom stereocenters. The first-order valence-corrected chi connectivity index (χ1v) is 19.9. The third-order valence-corrected chi connectivity index (χ3v) is 13.1. The van der Waals surface area contributed by atoms with Gasteiger partial charge in [-0.15, -0.1) is 0 Å². The highest BCUT2D eigenvalue weighted by Gasteiger charge is 2.38. The van der Waals surface area contributed by atoms with E-state index < -0.39 is 0 Å². The third kappa shape index (κ3) is 4.48. The number of hydrogen-bond donors (Lipinski definition) is 0. The second-order valence-electron chi connectivity index (χ2n) is 16.9. The van der Waals surface area contributed by atoms with Crippen molar-refractivity contribution < 1.29 is 8.83 Å². The topological polar surface area (TPSA) is 29.5 Å². The maximum Gasteiger partial charge on any atom is 0.159 e. The molecule has 8 aromatic carbocycles. The van der Waals surface area contributed by atoms with E-state index in [-0.39, 0.29) is 10.8 Å². The van der Waals surface area contributed by atoms with Gasteiger partial charge in [-0.1, -0.05) is 137 Å². The van der Waals surface area contributed by atoms with Crippen molar-refractivity contribution in [2.24, 2.45) is 0 Å². The van der Waals surface area contributed by atoms with Gasteiger partial charge >= 0.3 is 0 Å². The summed E-state index contributed by atoms with van der Waals surface area (Å²) in [5, 5.41) is 4.23. The van der Waals surface area contributed by atoms with Crippen LogP contribution in [-0.2, 0) is 10.8 Å². The predicted octanol–water partition coefficient (Wildman–Crippen LogP) is 15.2. The molecule has 0 aliphatic heterocycles. The Bertz CT molecular complexity index is 3200. The summed E-state index contributed by atoms with van der Waals surface area (Å²) in [5.41, 5.74) is 19.3. The second kappa shape index (κ2) is 11.4. The average Bonchev–Trinajstić information content (AvgIpc) is 3.92. The van der Waals surface area contributed by atoms with Crippen LogP contribution < -0.4 is 4.90 Å². The SMILES string of the molecule is CC1(C)c2ccccc2-c2ccc(N(c3ccc4c(c3)C(C)(C)c3ccccc3-4)c3cccc4c3oc3cc5c(cc34)oc3ccc(-c4ccccc4)cc35)cc21. The van der Waals surface area contributed by atoms with Crippen molar-refractivity contribution in [3.05, 3.63) is 186 Å². The Hall–Kier alpha value is -6.84. The smallest absolute Gasteiger partial charge is 0.159 e. The standard InChI is InChI=1S/C54H39NO2/c1-53(2)44-18-10-8-15-36(44)38-24-22-34(28-46(38)53)55(35-23-25-39-37-16-9-11-19-45(37)54(3,4)47(39)29-35)48-20-12-17-40-42-30-50-43(31-51(42)57-52(40)48)41-27-33(21-26-49(41)56-50)32-13-6-5-7-14-32/h5-31H,1-4H3. The van der Waals surface area contributed by atoms with E-state index in [2.05, 4.69) is 196 Å². The van der Waals surface area contributed by atoms with E-state index in [4.69, 9.17) is 8.83 Å². The normalized spacial score (nSPS) is 14.6. The average molecular weight is 734 g/mol. The van der Waals surface area contributed by atoms with Crippen molar-refractivity contribution >= 4 is 60.9 Å². The number of para-hydroxylation sites is 1. The molecular weight excluding hydrogens is 695 g/mol. The first kappa shape index (κ1) is 32.4. The van der Waals surface area contributed by atoms with Crippen LogP contribution in [0.1, 0.15) is 49.9 Å². The van der Waals surface area contributed by atoms with E-state index in [9.17, 15) is 0 Å². The highest BCUT2D eigenvalue weighted by atomic mass is 16.3. The summed E-state index contributed by atoms with van der Waals surface area (Å²) >= 11 is 0. The fraction of sp³-hybridized carbons (Fsp3) is 0.111. The van der Waals surface area contributed by atoms with E-state index >= 15 is 0 Å². The maximum absolute atomic E-state index is 7.03. The largest absolute Gasteiger partial charge is 0.456 e. The van der Waals surface area contributed by atoms with E-state index in [0.29, 0.717) is 0 Å². The van der Waals surface area contributed by atoms with Gasteiger partial charge in [-0.25, -0.2) is 0 Å². The van der Waals surface area contributed by atoms with Crippen LogP contribution >= 0.6 is 0 Å². The highest BCUT2D eigenvalue weighted by Crippen LogP contribution is 2.54. The molecule has 0 fully saturated rings. The first-order valence-electron chi connectivity index (χ1n) is 19.9. The fourth-order valence-corrected chi connectivity index (χ4v) is 10.1. The molecule has 3 heteroatoms. The van der Waals surface area contributed by atoms with Gasteiger partial charge in [0.25, 0.3) is 0 Å². The molecule has 0 saturated carbocycles. The predicted molar refractivity (Wildman–Crippen MR) is 236 cm³/mol. The van der Waals surface area contributed by atoms with Crippen molar-refractivity contribution in [3.8, 4) is 33.4 Å². The van der Waals surface area contributed by atoms with Gasteiger partial charge in [0, 0.05) is 43.7 Å². The molecule has 0 saturated heterocycles. The van der Waals surface area contributed by atoms with Crippen LogP contribution in [0.2, 0.25) is 0 Å². The molecule has 2 aliphatic rings. The molecule has 12 rings (SSSR count). The van der Waals surface area contributed by atoms with Crippen LogP contribution in [0.5, 0.6) is 0 Å². The molecule has 0 spiro atoms. The van der Waals surface area contributed by atoms with Crippen LogP contribution in [0.4, 0.5) is 17.1 Å². The van der Waals surface area contributed by atoms with Crippen LogP contribution in [0.15, 0.2) is 173 Å². The molecule has 2 heterocycles. The molecule has 0 N–H and O–H groups in total. The van der Waals surface area contributed by atoms with Crippen molar-refractivity contribution in [1.29, 1.82) is 0 Å². The van der Waals surface area contributed by atoms with Gasteiger partial charge in [-0.2, -0.15) is 0 Å². The number of rotatable bonds is 4. The number of hydrogen-bond acceptors (Lipinski definition) is 3. The molecule has 272 valence electrons. The minimum absolute atomic E-state index is 0.141. The van der Waals surface area contributed by atoms with Gasteiger partial charge in [0.05, 0.1) is 5.69 Å². The summed E-state index contributed by atoms with van der Waals surface area (Å²) in [6.45, 7) is 9.40. The van der Waals surface area contributed by atoms with Gasteiger partial charge in [-0.3, -0.25) is 0 Å². The molecule has 57 heavy (non-hydrogen) atoms. The minimum Gasteiger partial charge on any atom is -0.456 e. The summed E-state index contributed by atoms with van der Waals surface area (Å²) < 4.78 is 13.5. The Morgan fingerprint density at radius 1 is 0.368 bits per heavy atom. The lowest BCUT2D eigenvalue weighted by Crippen LogP contribution is -2.18.